The Morgan fingerprint density at radius 3 is 2.33 bits per heavy atom. The number of nitrogens with zero attached hydrogens (tertiary/aromatic N) is 1. The minimum absolute atomic E-state index is 0. The molecule has 6 heteroatoms. The van der Waals surface area contributed by atoms with E-state index in [0.717, 1.165) is 15.4 Å². The van der Waals surface area contributed by atoms with E-state index in [4.69, 9.17) is 4.42 Å². The van der Waals surface area contributed by atoms with E-state index in [1.165, 1.54) is 11.1 Å². The highest BCUT2D eigenvalue weighted by molar-refractivity contribution is 9.10. The summed E-state index contributed by atoms with van der Waals surface area (Å²) >= 11 is 3.45. The third kappa shape index (κ3) is 5.26. The van der Waals surface area contributed by atoms with E-state index in [-0.39, 0.29) is 29.8 Å². The van der Waals surface area contributed by atoms with Crippen molar-refractivity contribution in [1.82, 2.24) is 10.2 Å². The lowest BCUT2D eigenvalue weighted by Crippen LogP contribution is -2.34. The molecule has 1 unspecified atom stereocenters. The van der Waals surface area contributed by atoms with Crippen molar-refractivity contribution in [3.8, 4) is 0 Å². The predicted octanol–water partition coefficient (Wildman–Crippen LogP) is 6.26. The monoisotopic (exact) mass is 492 g/mol. The van der Waals surface area contributed by atoms with Crippen LogP contribution in [0.25, 0.3) is 11.0 Å². The first-order valence-electron chi connectivity index (χ1n) is 9.81. The fraction of sp³-hybridized carbons (Fsp3) is 0.375. The second-order valence-corrected chi connectivity index (χ2v) is 9.67. The Kier molecular flexibility index (Phi) is 7.78. The smallest absolute Gasteiger partial charge is 0.287 e. The van der Waals surface area contributed by atoms with Crippen molar-refractivity contribution in [3.05, 3.63) is 69.4 Å². The van der Waals surface area contributed by atoms with Gasteiger partial charge in [0.1, 0.15) is 5.58 Å². The molecule has 1 atom stereocenters. The van der Waals surface area contributed by atoms with Gasteiger partial charge in [0.2, 0.25) is 0 Å². The van der Waals surface area contributed by atoms with E-state index in [0.29, 0.717) is 17.9 Å². The SMILES string of the molecule is Cc1c(C(=O)NCC(c2ccc(C(C)(C)C)cc2)N(C)C)oc2cc(Br)ccc12.Cl. The van der Waals surface area contributed by atoms with Crippen LogP contribution in [0, 0.1) is 6.92 Å². The van der Waals surface area contributed by atoms with Crippen LogP contribution in [0.1, 0.15) is 54.1 Å². The Balaban J connectivity index is 0.00000320. The van der Waals surface area contributed by atoms with Gasteiger partial charge in [-0.1, -0.05) is 61.0 Å². The number of carbonyl (C=O) groups excluding carboxylic acids is 1. The van der Waals surface area contributed by atoms with Crippen LogP contribution in [0.3, 0.4) is 0 Å². The zero-order valence-corrected chi connectivity index (χ0v) is 20.8. The number of hydrogen-bond acceptors (Lipinski definition) is 3. The summed E-state index contributed by atoms with van der Waals surface area (Å²) in [6.45, 7) is 9.05. The fourth-order valence-electron chi connectivity index (χ4n) is 3.49. The second-order valence-electron chi connectivity index (χ2n) is 8.76. The summed E-state index contributed by atoms with van der Waals surface area (Å²) in [5.41, 5.74) is 4.17. The standard InChI is InChI=1S/C24H29BrN2O2.ClH/c1-15-19-12-11-18(25)13-21(19)29-22(15)23(28)26-14-20(27(5)6)16-7-9-17(10-8-16)24(2,3)4;/h7-13,20H,14H2,1-6H3,(H,26,28);1H. The van der Waals surface area contributed by atoms with E-state index in [2.05, 4.69) is 71.2 Å². The number of rotatable bonds is 5. The molecule has 30 heavy (non-hydrogen) atoms. The molecule has 0 spiro atoms. The predicted molar refractivity (Wildman–Crippen MR) is 130 cm³/mol. The number of benzene rings is 2. The highest BCUT2D eigenvalue weighted by Gasteiger charge is 2.21. The van der Waals surface area contributed by atoms with Gasteiger partial charge in [-0.2, -0.15) is 0 Å². The van der Waals surface area contributed by atoms with Crippen LogP contribution in [0.4, 0.5) is 0 Å². The molecule has 1 N–H and O–H groups in total. The Labute approximate surface area is 193 Å². The van der Waals surface area contributed by atoms with Crippen LogP contribution < -0.4 is 5.32 Å². The van der Waals surface area contributed by atoms with Crippen molar-refractivity contribution in [1.29, 1.82) is 0 Å². The number of likely N-dealkylation sites (N-methyl/N-ethyl adjacent to an activating group) is 1. The first-order chi connectivity index (χ1) is 13.6. The summed E-state index contributed by atoms with van der Waals surface area (Å²) in [5, 5.41) is 4.01. The zero-order valence-electron chi connectivity index (χ0n) is 18.4. The lowest BCUT2D eigenvalue weighted by molar-refractivity contribution is 0.0915. The number of furan rings is 1. The van der Waals surface area contributed by atoms with Gasteiger partial charge in [-0.25, -0.2) is 0 Å². The maximum Gasteiger partial charge on any atom is 0.287 e. The number of fused-ring (bicyclic) bond motifs is 1. The lowest BCUT2D eigenvalue weighted by atomic mass is 9.86. The van der Waals surface area contributed by atoms with Gasteiger partial charge in [-0.05, 0) is 55.8 Å². The molecule has 4 nitrogen and oxygen atoms in total. The van der Waals surface area contributed by atoms with Crippen molar-refractivity contribution in [2.24, 2.45) is 0 Å². The number of halogens is 2. The molecule has 0 saturated heterocycles. The summed E-state index contributed by atoms with van der Waals surface area (Å²) < 4.78 is 6.77. The molecule has 0 saturated carbocycles. The molecule has 0 aliphatic rings. The highest BCUT2D eigenvalue weighted by atomic mass is 79.9. The third-order valence-corrected chi connectivity index (χ3v) is 5.84. The van der Waals surface area contributed by atoms with E-state index >= 15 is 0 Å². The van der Waals surface area contributed by atoms with E-state index in [1.54, 1.807) is 0 Å². The van der Waals surface area contributed by atoms with Gasteiger partial charge in [0, 0.05) is 22.0 Å². The highest BCUT2D eigenvalue weighted by Crippen LogP contribution is 2.28. The van der Waals surface area contributed by atoms with Crippen molar-refractivity contribution in [2.75, 3.05) is 20.6 Å². The Hall–Kier alpha value is -1.82. The first kappa shape index (κ1) is 24.4. The van der Waals surface area contributed by atoms with Crippen LogP contribution in [-0.4, -0.2) is 31.4 Å². The molecule has 162 valence electrons. The molecule has 0 radical (unpaired) electrons. The molecule has 0 aliphatic heterocycles. The topological polar surface area (TPSA) is 45.5 Å². The van der Waals surface area contributed by atoms with Crippen molar-refractivity contribution in [2.45, 2.75) is 39.2 Å². The molecule has 0 aliphatic carbocycles. The van der Waals surface area contributed by atoms with Crippen LogP contribution in [0.5, 0.6) is 0 Å². The van der Waals surface area contributed by atoms with Crippen molar-refractivity contribution >= 4 is 45.2 Å². The summed E-state index contributed by atoms with van der Waals surface area (Å²) in [6.07, 6.45) is 0. The molecule has 0 fully saturated rings. The molecule has 3 aromatic rings. The minimum Gasteiger partial charge on any atom is -0.451 e. The quantitative estimate of drug-likeness (QED) is 0.456. The first-order valence-corrected chi connectivity index (χ1v) is 10.6. The van der Waals surface area contributed by atoms with Gasteiger partial charge in [0.05, 0.1) is 6.04 Å². The molecule has 0 bridgehead atoms. The largest absolute Gasteiger partial charge is 0.451 e. The van der Waals surface area contributed by atoms with Crippen LogP contribution in [0.2, 0.25) is 0 Å². The van der Waals surface area contributed by atoms with E-state index in [1.807, 2.05) is 39.2 Å². The molecule has 3 rings (SSSR count). The average molecular weight is 494 g/mol. The number of nitrogens with one attached hydrogen (secondary N) is 1. The Bertz CT molecular complexity index is 1020. The van der Waals surface area contributed by atoms with Gasteiger partial charge >= 0.3 is 0 Å². The van der Waals surface area contributed by atoms with Gasteiger partial charge in [-0.15, -0.1) is 12.4 Å². The average Bonchev–Trinajstić information content (AvgIpc) is 2.97. The van der Waals surface area contributed by atoms with Crippen LogP contribution in [-0.2, 0) is 5.41 Å². The number of aryl methyl sites for hydroxylation is 1. The molecular formula is C24H30BrClN2O2. The van der Waals surface area contributed by atoms with Crippen LogP contribution >= 0.6 is 28.3 Å². The summed E-state index contributed by atoms with van der Waals surface area (Å²) in [4.78, 5) is 14.9. The van der Waals surface area contributed by atoms with E-state index in [9.17, 15) is 4.79 Å². The van der Waals surface area contributed by atoms with Crippen molar-refractivity contribution < 1.29 is 9.21 Å². The minimum atomic E-state index is -0.187. The van der Waals surface area contributed by atoms with Crippen molar-refractivity contribution in [3.63, 3.8) is 0 Å². The zero-order chi connectivity index (χ0) is 21.3. The van der Waals surface area contributed by atoms with Gasteiger partial charge in [0.15, 0.2) is 5.76 Å². The van der Waals surface area contributed by atoms with Crippen LogP contribution in [0.15, 0.2) is 51.4 Å². The lowest BCUT2D eigenvalue weighted by Gasteiger charge is -2.26. The van der Waals surface area contributed by atoms with Gasteiger partial charge in [-0.3, -0.25) is 4.79 Å². The summed E-state index contributed by atoms with van der Waals surface area (Å²) in [5.74, 6) is 0.187. The Morgan fingerprint density at radius 2 is 1.77 bits per heavy atom. The van der Waals surface area contributed by atoms with Gasteiger partial charge < -0.3 is 14.6 Å². The number of hydrogen-bond donors (Lipinski definition) is 1. The number of amides is 1. The molecular weight excluding hydrogens is 464 g/mol. The second kappa shape index (κ2) is 9.54. The normalized spacial score (nSPS) is 12.7. The molecule has 1 aromatic heterocycles. The molecule has 1 heterocycles. The van der Waals surface area contributed by atoms with E-state index < -0.39 is 0 Å². The summed E-state index contributed by atoms with van der Waals surface area (Å²) in [7, 11) is 4.05. The Morgan fingerprint density at radius 1 is 1.13 bits per heavy atom. The number of carbonyl (C=O) groups is 1. The molecule has 2 aromatic carbocycles. The third-order valence-electron chi connectivity index (χ3n) is 5.35. The summed E-state index contributed by atoms with van der Waals surface area (Å²) in [6, 6.07) is 14.5. The van der Waals surface area contributed by atoms with Gasteiger partial charge in [0.25, 0.3) is 5.91 Å². The molecule has 1 amide bonds. The maximum absolute atomic E-state index is 12.8. The maximum atomic E-state index is 12.8. The fourth-order valence-corrected chi connectivity index (χ4v) is 3.83.